The predicted octanol–water partition coefficient (Wildman–Crippen LogP) is 4.64. The summed E-state index contributed by atoms with van der Waals surface area (Å²) in [6.45, 7) is 5.61. The summed E-state index contributed by atoms with van der Waals surface area (Å²) in [5.74, 6) is -1.51. The second-order valence-electron chi connectivity index (χ2n) is 8.57. The van der Waals surface area contributed by atoms with Gasteiger partial charge in [-0.15, -0.1) is 0 Å². The summed E-state index contributed by atoms with van der Waals surface area (Å²) in [7, 11) is 0. The highest BCUT2D eigenvalue weighted by atomic mass is 16.2. The Morgan fingerprint density at radius 1 is 0.853 bits per heavy atom. The zero-order valence-electron chi connectivity index (χ0n) is 19.2. The van der Waals surface area contributed by atoms with Crippen molar-refractivity contribution in [2.75, 3.05) is 10.6 Å². The summed E-state index contributed by atoms with van der Waals surface area (Å²) >= 11 is 0. The molecule has 0 unspecified atom stereocenters. The fourth-order valence-electron chi connectivity index (χ4n) is 3.66. The summed E-state index contributed by atoms with van der Waals surface area (Å²) < 4.78 is 0. The van der Waals surface area contributed by atoms with Crippen molar-refractivity contribution in [3.63, 3.8) is 0 Å². The minimum atomic E-state index is -0.423. The molecule has 0 radical (unpaired) electrons. The SMILES string of the molecule is Cc1ccc(NC(=O)C(C)C)cc1NC(=O)c1ccc2c(c1)C(=O)N(Cc1ccccc1)C2=O. The first kappa shape index (κ1) is 22.9. The lowest BCUT2D eigenvalue weighted by atomic mass is 10.0. The third-order valence-electron chi connectivity index (χ3n) is 5.69. The molecule has 34 heavy (non-hydrogen) atoms. The predicted molar refractivity (Wildman–Crippen MR) is 130 cm³/mol. The van der Waals surface area contributed by atoms with E-state index < -0.39 is 11.8 Å². The molecule has 172 valence electrons. The van der Waals surface area contributed by atoms with E-state index in [0.29, 0.717) is 11.4 Å². The number of fused-ring (bicyclic) bond motifs is 1. The molecule has 4 rings (SSSR count). The molecule has 0 bridgehead atoms. The van der Waals surface area contributed by atoms with Crippen LogP contribution in [0.2, 0.25) is 0 Å². The number of benzene rings is 3. The van der Waals surface area contributed by atoms with Gasteiger partial charge >= 0.3 is 0 Å². The van der Waals surface area contributed by atoms with Crippen molar-refractivity contribution in [3.05, 3.63) is 94.5 Å². The van der Waals surface area contributed by atoms with Crippen molar-refractivity contribution in [1.29, 1.82) is 0 Å². The van der Waals surface area contributed by atoms with Crippen molar-refractivity contribution in [2.24, 2.45) is 5.92 Å². The zero-order valence-corrected chi connectivity index (χ0v) is 19.2. The number of anilines is 2. The van der Waals surface area contributed by atoms with E-state index in [1.165, 1.54) is 23.1 Å². The van der Waals surface area contributed by atoms with E-state index >= 15 is 0 Å². The molecule has 7 nitrogen and oxygen atoms in total. The smallest absolute Gasteiger partial charge is 0.261 e. The van der Waals surface area contributed by atoms with Gasteiger partial charge in [-0.2, -0.15) is 0 Å². The Hall–Kier alpha value is -4.26. The first-order valence-electron chi connectivity index (χ1n) is 11.0. The lowest BCUT2D eigenvalue weighted by Gasteiger charge is -2.13. The zero-order chi connectivity index (χ0) is 24.4. The molecule has 0 fully saturated rings. The van der Waals surface area contributed by atoms with Crippen LogP contribution in [0.15, 0.2) is 66.7 Å². The number of hydrogen-bond acceptors (Lipinski definition) is 4. The van der Waals surface area contributed by atoms with Crippen molar-refractivity contribution < 1.29 is 19.2 Å². The fourth-order valence-corrected chi connectivity index (χ4v) is 3.66. The molecule has 1 aliphatic rings. The van der Waals surface area contributed by atoms with Gasteiger partial charge in [-0.3, -0.25) is 24.1 Å². The molecular weight excluding hydrogens is 430 g/mol. The van der Waals surface area contributed by atoms with Crippen LogP contribution >= 0.6 is 0 Å². The number of carbonyl (C=O) groups excluding carboxylic acids is 4. The number of imide groups is 1. The van der Waals surface area contributed by atoms with Gasteiger partial charge in [-0.1, -0.05) is 50.2 Å². The molecular formula is C27H25N3O4. The third-order valence-corrected chi connectivity index (χ3v) is 5.69. The van der Waals surface area contributed by atoms with Gasteiger partial charge in [0, 0.05) is 22.9 Å². The Labute approximate surface area is 197 Å². The number of nitrogens with one attached hydrogen (secondary N) is 2. The quantitative estimate of drug-likeness (QED) is 0.530. The molecule has 3 aromatic carbocycles. The number of nitrogens with zero attached hydrogens (tertiary/aromatic N) is 1. The summed E-state index contributed by atoms with van der Waals surface area (Å²) in [6, 6.07) is 19.0. The van der Waals surface area contributed by atoms with E-state index in [1.54, 1.807) is 32.0 Å². The standard InChI is InChI=1S/C27H25N3O4/c1-16(2)24(31)28-20-11-9-17(3)23(14-20)29-25(32)19-10-12-21-22(13-19)27(34)30(26(21)33)15-18-7-5-4-6-8-18/h4-14,16H,15H2,1-3H3,(H,28,31)(H,29,32). The van der Waals surface area contributed by atoms with Gasteiger partial charge < -0.3 is 10.6 Å². The lowest BCUT2D eigenvalue weighted by Crippen LogP contribution is -2.29. The van der Waals surface area contributed by atoms with Crippen LogP contribution in [0, 0.1) is 12.8 Å². The normalized spacial score (nSPS) is 12.6. The van der Waals surface area contributed by atoms with Crippen LogP contribution in [0.4, 0.5) is 11.4 Å². The molecule has 0 aliphatic carbocycles. The maximum absolute atomic E-state index is 13.0. The van der Waals surface area contributed by atoms with Gasteiger partial charge in [-0.25, -0.2) is 0 Å². The maximum Gasteiger partial charge on any atom is 0.261 e. The van der Waals surface area contributed by atoms with E-state index in [0.717, 1.165) is 11.1 Å². The van der Waals surface area contributed by atoms with Gasteiger partial charge in [0.1, 0.15) is 0 Å². The van der Waals surface area contributed by atoms with Crippen LogP contribution in [0.5, 0.6) is 0 Å². The number of carbonyl (C=O) groups is 4. The highest BCUT2D eigenvalue weighted by molar-refractivity contribution is 6.22. The summed E-state index contributed by atoms with van der Waals surface area (Å²) in [4.78, 5) is 51.9. The van der Waals surface area contributed by atoms with Crippen molar-refractivity contribution >= 4 is 35.0 Å². The first-order valence-corrected chi connectivity index (χ1v) is 11.0. The Bertz CT molecular complexity index is 1300. The molecule has 0 saturated heterocycles. The molecule has 0 saturated carbocycles. The molecule has 0 spiro atoms. The minimum absolute atomic E-state index is 0.122. The van der Waals surface area contributed by atoms with Crippen LogP contribution in [0.25, 0.3) is 0 Å². The Morgan fingerprint density at radius 3 is 2.26 bits per heavy atom. The topological polar surface area (TPSA) is 95.6 Å². The van der Waals surface area contributed by atoms with Gasteiger partial charge in [0.2, 0.25) is 5.91 Å². The maximum atomic E-state index is 13.0. The molecule has 7 heteroatoms. The van der Waals surface area contributed by atoms with E-state index in [9.17, 15) is 19.2 Å². The number of rotatable bonds is 6. The summed E-state index contributed by atoms with van der Waals surface area (Å²) in [5.41, 5.74) is 3.53. The van der Waals surface area contributed by atoms with Gasteiger partial charge in [0.05, 0.1) is 17.7 Å². The van der Waals surface area contributed by atoms with E-state index in [-0.39, 0.29) is 41.0 Å². The van der Waals surface area contributed by atoms with Gasteiger partial charge in [0.15, 0.2) is 0 Å². The second kappa shape index (κ2) is 9.31. The van der Waals surface area contributed by atoms with E-state index in [1.807, 2.05) is 37.3 Å². The molecule has 3 aromatic rings. The average Bonchev–Trinajstić information content (AvgIpc) is 3.06. The molecule has 1 aliphatic heterocycles. The largest absolute Gasteiger partial charge is 0.326 e. The van der Waals surface area contributed by atoms with E-state index in [2.05, 4.69) is 10.6 Å². The van der Waals surface area contributed by atoms with Crippen LogP contribution in [0.3, 0.4) is 0 Å². The lowest BCUT2D eigenvalue weighted by molar-refractivity contribution is -0.118. The highest BCUT2D eigenvalue weighted by Crippen LogP contribution is 2.27. The van der Waals surface area contributed by atoms with Crippen molar-refractivity contribution in [3.8, 4) is 0 Å². The van der Waals surface area contributed by atoms with Crippen molar-refractivity contribution in [1.82, 2.24) is 4.90 Å². The van der Waals surface area contributed by atoms with Crippen LogP contribution in [-0.4, -0.2) is 28.5 Å². The minimum Gasteiger partial charge on any atom is -0.326 e. The van der Waals surface area contributed by atoms with Crippen LogP contribution < -0.4 is 10.6 Å². The highest BCUT2D eigenvalue weighted by Gasteiger charge is 2.36. The van der Waals surface area contributed by atoms with E-state index in [4.69, 9.17) is 0 Å². The molecule has 1 heterocycles. The van der Waals surface area contributed by atoms with Crippen LogP contribution in [0.1, 0.15) is 56.0 Å². The average molecular weight is 456 g/mol. The van der Waals surface area contributed by atoms with Gasteiger partial charge in [-0.05, 0) is 48.4 Å². The first-order chi connectivity index (χ1) is 16.2. The Morgan fingerprint density at radius 2 is 1.56 bits per heavy atom. The fraction of sp³-hybridized carbons (Fsp3) is 0.185. The monoisotopic (exact) mass is 455 g/mol. The van der Waals surface area contributed by atoms with Crippen molar-refractivity contribution in [2.45, 2.75) is 27.3 Å². The Balaban J connectivity index is 1.53. The number of hydrogen-bond donors (Lipinski definition) is 2. The van der Waals surface area contributed by atoms with Crippen LogP contribution in [-0.2, 0) is 11.3 Å². The second-order valence-corrected chi connectivity index (χ2v) is 8.57. The van der Waals surface area contributed by atoms with Gasteiger partial charge in [0.25, 0.3) is 17.7 Å². The Kier molecular flexibility index (Phi) is 6.27. The third kappa shape index (κ3) is 4.59. The number of amides is 4. The summed E-state index contributed by atoms with van der Waals surface area (Å²) in [5, 5.41) is 5.65. The summed E-state index contributed by atoms with van der Waals surface area (Å²) in [6.07, 6.45) is 0. The molecule has 0 aromatic heterocycles. The number of aryl methyl sites for hydroxylation is 1. The molecule has 4 amide bonds. The molecule has 0 atom stereocenters. The molecule has 2 N–H and O–H groups in total.